The lowest BCUT2D eigenvalue weighted by molar-refractivity contribution is 0.292. The highest BCUT2D eigenvalue weighted by Crippen LogP contribution is 2.22. The smallest absolute Gasteiger partial charge is 0.307 e. The fourth-order valence-corrected chi connectivity index (χ4v) is 4.72. The molecule has 2 heterocycles. The first kappa shape index (κ1) is 25.7. The summed E-state index contributed by atoms with van der Waals surface area (Å²) in [5.74, 6) is 0. The molecule has 0 saturated heterocycles. The van der Waals surface area contributed by atoms with Gasteiger partial charge in [0.1, 0.15) is 0 Å². The number of nitrogens with zero attached hydrogens (tertiary/aromatic N) is 2. The number of H-pyrrole nitrogens is 1. The Kier molecular flexibility index (Phi) is 8.35. The molecule has 0 unspecified atom stereocenters. The minimum absolute atomic E-state index is 0. The van der Waals surface area contributed by atoms with Crippen LogP contribution < -0.4 is 16.0 Å². The summed E-state index contributed by atoms with van der Waals surface area (Å²) in [5.41, 5.74) is 2.46. The van der Waals surface area contributed by atoms with Crippen molar-refractivity contribution in [1.29, 1.82) is 0 Å². The summed E-state index contributed by atoms with van der Waals surface area (Å²) in [5, 5.41) is 0.276. The van der Waals surface area contributed by atoms with Crippen molar-refractivity contribution in [2.45, 2.75) is 25.8 Å². The second-order valence-electron chi connectivity index (χ2n) is 8.37. The van der Waals surface area contributed by atoms with Crippen molar-refractivity contribution in [2.24, 2.45) is 0 Å². The molecule has 0 aliphatic carbocycles. The Bertz CT molecular complexity index is 1400. The van der Waals surface area contributed by atoms with E-state index in [1.165, 1.54) is 33.9 Å². The fraction of sp³-hybridized carbons (Fsp3) is 0.333. The van der Waals surface area contributed by atoms with E-state index >= 15 is 0 Å². The topological polar surface area (TPSA) is 104 Å². The van der Waals surface area contributed by atoms with Crippen molar-refractivity contribution in [3.8, 4) is 0 Å². The number of aromatic nitrogens is 2. The molecular weight excluding hydrogens is 476 g/mol. The van der Waals surface area contributed by atoms with Gasteiger partial charge in [0.2, 0.25) is 10.0 Å². The Morgan fingerprint density at radius 2 is 1.76 bits per heavy atom. The number of rotatable bonds is 8. The summed E-state index contributed by atoms with van der Waals surface area (Å²) >= 11 is 0. The van der Waals surface area contributed by atoms with E-state index in [-0.39, 0.29) is 23.5 Å². The van der Waals surface area contributed by atoms with Crippen LogP contribution in [0.15, 0.2) is 64.2 Å². The van der Waals surface area contributed by atoms with Crippen molar-refractivity contribution in [3.05, 3.63) is 81.0 Å². The van der Waals surface area contributed by atoms with Crippen molar-refractivity contribution in [2.75, 3.05) is 30.6 Å². The first-order chi connectivity index (χ1) is 15.8. The average molecular weight is 505 g/mol. The maximum atomic E-state index is 12.9. The molecule has 2 aromatic carbocycles. The molecular formula is C24H29ClN4O4S. The highest BCUT2D eigenvalue weighted by atomic mass is 35.5. The van der Waals surface area contributed by atoms with Gasteiger partial charge in [-0.3, -0.25) is 19.0 Å². The Morgan fingerprint density at radius 3 is 2.44 bits per heavy atom. The molecule has 3 aromatic rings. The molecule has 2 N–H and O–H groups in total. The Morgan fingerprint density at radius 1 is 1.03 bits per heavy atom. The minimum atomic E-state index is -3.46. The van der Waals surface area contributed by atoms with Gasteiger partial charge in [-0.15, -0.1) is 12.4 Å². The largest absolute Gasteiger partial charge is 0.328 e. The standard InChI is InChI=1S/C24H28N4O4S.ClH/c1-33(31,32)26-20-9-10-22-21(17-20)23(29)28(24(30)25-22)14-6-5-13-27-15-11-19(12-16-27)18-7-3-2-4-8-18;/h2-4,7-11,17,26H,5-6,12-16H2,1H3,(H,25,30);1H. The zero-order valence-electron chi connectivity index (χ0n) is 19.0. The highest BCUT2D eigenvalue weighted by Gasteiger charge is 2.13. The van der Waals surface area contributed by atoms with E-state index in [1.807, 2.05) is 6.07 Å². The van der Waals surface area contributed by atoms with Crippen LogP contribution in [0.2, 0.25) is 0 Å². The van der Waals surface area contributed by atoms with Crippen LogP contribution in [0.3, 0.4) is 0 Å². The van der Waals surface area contributed by atoms with Gasteiger partial charge < -0.3 is 4.98 Å². The number of sulfonamides is 1. The van der Waals surface area contributed by atoms with Crippen LogP contribution in [0.25, 0.3) is 16.5 Å². The van der Waals surface area contributed by atoms with Gasteiger partial charge in [-0.2, -0.15) is 0 Å². The molecule has 8 nitrogen and oxygen atoms in total. The van der Waals surface area contributed by atoms with Crippen molar-refractivity contribution in [3.63, 3.8) is 0 Å². The molecule has 0 fully saturated rings. The van der Waals surface area contributed by atoms with Crippen LogP contribution in [0.5, 0.6) is 0 Å². The first-order valence-corrected chi connectivity index (χ1v) is 12.9. The number of nitrogens with one attached hydrogen (secondary N) is 2. The number of hydrogen-bond acceptors (Lipinski definition) is 5. The summed E-state index contributed by atoms with van der Waals surface area (Å²) in [7, 11) is -3.46. The van der Waals surface area contributed by atoms with Gasteiger partial charge in [0.25, 0.3) is 5.56 Å². The molecule has 0 saturated carbocycles. The van der Waals surface area contributed by atoms with Crippen molar-refractivity contribution >= 4 is 44.6 Å². The van der Waals surface area contributed by atoms with Crippen molar-refractivity contribution in [1.82, 2.24) is 14.5 Å². The number of aromatic amines is 1. The molecule has 0 bridgehead atoms. The van der Waals surface area contributed by atoms with E-state index in [4.69, 9.17) is 0 Å². The zero-order valence-corrected chi connectivity index (χ0v) is 20.6. The van der Waals surface area contributed by atoms with Crippen LogP contribution in [-0.2, 0) is 16.6 Å². The lowest BCUT2D eigenvalue weighted by Gasteiger charge is -2.26. The van der Waals surface area contributed by atoms with Gasteiger partial charge in [0.05, 0.1) is 17.2 Å². The molecule has 1 aliphatic rings. The maximum absolute atomic E-state index is 12.9. The van der Waals surface area contributed by atoms with E-state index in [1.54, 1.807) is 0 Å². The predicted octanol–water partition coefficient (Wildman–Crippen LogP) is 3.05. The molecule has 0 spiro atoms. The van der Waals surface area contributed by atoms with E-state index in [2.05, 4.69) is 44.9 Å². The lowest BCUT2D eigenvalue weighted by Crippen LogP contribution is -2.35. The van der Waals surface area contributed by atoms with Crippen LogP contribution in [0, 0.1) is 0 Å². The summed E-state index contributed by atoms with van der Waals surface area (Å²) in [4.78, 5) is 30.4. The summed E-state index contributed by atoms with van der Waals surface area (Å²) < 4.78 is 26.5. The van der Waals surface area contributed by atoms with Gasteiger partial charge in [-0.05, 0) is 55.1 Å². The van der Waals surface area contributed by atoms with E-state index in [0.29, 0.717) is 18.5 Å². The zero-order chi connectivity index (χ0) is 23.4. The second-order valence-corrected chi connectivity index (χ2v) is 10.1. The summed E-state index contributed by atoms with van der Waals surface area (Å²) in [6, 6.07) is 14.9. The maximum Gasteiger partial charge on any atom is 0.328 e. The molecule has 0 atom stereocenters. The van der Waals surface area contributed by atoms with Crippen LogP contribution >= 0.6 is 12.4 Å². The normalized spacial score (nSPS) is 14.4. The number of unbranched alkanes of at least 4 members (excludes halogenated alkanes) is 1. The van der Waals surface area contributed by atoms with Crippen LogP contribution in [-0.4, -0.2) is 48.8 Å². The van der Waals surface area contributed by atoms with Gasteiger partial charge in [0.15, 0.2) is 0 Å². The van der Waals surface area contributed by atoms with Gasteiger partial charge >= 0.3 is 5.69 Å². The third-order valence-electron chi connectivity index (χ3n) is 5.83. The van der Waals surface area contributed by atoms with E-state index in [0.717, 1.165) is 38.7 Å². The highest BCUT2D eigenvalue weighted by molar-refractivity contribution is 7.92. The summed E-state index contributed by atoms with van der Waals surface area (Å²) in [6.45, 7) is 3.11. The van der Waals surface area contributed by atoms with Gasteiger partial charge in [-0.1, -0.05) is 36.4 Å². The SMILES string of the molecule is CS(=O)(=O)Nc1ccc2[nH]c(=O)n(CCCCN3CC=C(c4ccccc4)CC3)c(=O)c2c1.Cl. The molecule has 10 heteroatoms. The van der Waals surface area contributed by atoms with Crippen LogP contribution in [0.4, 0.5) is 5.69 Å². The van der Waals surface area contributed by atoms with Crippen LogP contribution in [0.1, 0.15) is 24.8 Å². The van der Waals surface area contributed by atoms with Gasteiger partial charge in [0, 0.05) is 25.3 Å². The quantitative estimate of drug-likeness (QED) is 0.459. The lowest BCUT2D eigenvalue weighted by atomic mass is 9.99. The van der Waals surface area contributed by atoms with E-state index in [9.17, 15) is 18.0 Å². The predicted molar refractivity (Wildman–Crippen MR) is 139 cm³/mol. The molecule has 34 heavy (non-hydrogen) atoms. The Balaban J connectivity index is 0.00000324. The second kappa shape index (κ2) is 11.0. The molecule has 0 radical (unpaired) electrons. The molecule has 182 valence electrons. The number of halogens is 1. The third-order valence-corrected chi connectivity index (χ3v) is 6.44. The average Bonchev–Trinajstić information content (AvgIpc) is 2.79. The number of anilines is 1. The third kappa shape index (κ3) is 6.37. The Labute approximate surface area is 204 Å². The number of fused-ring (bicyclic) bond motifs is 1. The number of hydrogen-bond donors (Lipinski definition) is 2. The van der Waals surface area contributed by atoms with E-state index < -0.39 is 21.3 Å². The monoisotopic (exact) mass is 504 g/mol. The molecule has 1 aliphatic heterocycles. The Hall–Kier alpha value is -2.88. The van der Waals surface area contributed by atoms with Gasteiger partial charge in [-0.25, -0.2) is 13.2 Å². The summed E-state index contributed by atoms with van der Waals surface area (Å²) in [6.07, 6.45) is 5.90. The fourth-order valence-electron chi connectivity index (χ4n) is 4.17. The first-order valence-electron chi connectivity index (χ1n) is 11.0. The van der Waals surface area contributed by atoms with Crippen molar-refractivity contribution < 1.29 is 8.42 Å². The molecule has 1 aromatic heterocycles. The number of benzene rings is 2. The molecule has 4 rings (SSSR count). The molecule has 0 amide bonds. The minimum Gasteiger partial charge on any atom is -0.307 e.